The van der Waals surface area contributed by atoms with E-state index >= 15 is 0 Å². The van der Waals surface area contributed by atoms with E-state index in [1.54, 1.807) is 0 Å². The summed E-state index contributed by atoms with van der Waals surface area (Å²) in [5.41, 5.74) is 1.82. The van der Waals surface area contributed by atoms with Crippen LogP contribution in [0.4, 0.5) is 5.82 Å². The van der Waals surface area contributed by atoms with Gasteiger partial charge in [0.15, 0.2) is 0 Å². The van der Waals surface area contributed by atoms with Gasteiger partial charge >= 0.3 is 0 Å². The fourth-order valence-corrected chi connectivity index (χ4v) is 3.89. The first-order chi connectivity index (χ1) is 11.8. The van der Waals surface area contributed by atoms with Crippen LogP contribution in [-0.4, -0.2) is 51.9 Å². The van der Waals surface area contributed by atoms with Gasteiger partial charge < -0.3 is 9.80 Å². The lowest BCUT2D eigenvalue weighted by atomic mass is 10.2. The van der Waals surface area contributed by atoms with Crippen molar-refractivity contribution in [2.75, 3.05) is 31.1 Å². The van der Waals surface area contributed by atoms with Crippen LogP contribution in [0.1, 0.15) is 51.7 Å². The molecule has 1 fully saturated rings. The van der Waals surface area contributed by atoms with Crippen molar-refractivity contribution in [3.63, 3.8) is 0 Å². The van der Waals surface area contributed by atoms with Crippen LogP contribution in [0.5, 0.6) is 0 Å². The van der Waals surface area contributed by atoms with Gasteiger partial charge in [0.05, 0.1) is 10.7 Å². The predicted octanol–water partition coefficient (Wildman–Crippen LogP) is 2.94. The zero-order valence-electron chi connectivity index (χ0n) is 15.5. The largest absolute Gasteiger partial charge is 0.353 e. The molecule has 3 heterocycles. The lowest BCUT2D eigenvalue weighted by Crippen LogP contribution is -2.49. The lowest BCUT2D eigenvalue weighted by Gasteiger charge is -2.35. The second-order valence-electron chi connectivity index (χ2n) is 6.81. The van der Waals surface area contributed by atoms with Crippen molar-refractivity contribution in [3.05, 3.63) is 33.2 Å². The molecule has 3 rings (SSSR count). The summed E-state index contributed by atoms with van der Waals surface area (Å²) in [7, 11) is 0. The van der Waals surface area contributed by atoms with Crippen molar-refractivity contribution in [1.29, 1.82) is 0 Å². The average Bonchev–Trinajstić information content (AvgIpc) is 2.92. The first-order valence-corrected chi connectivity index (χ1v) is 9.50. The molecule has 0 N–H and O–H groups in total. The molecule has 1 aliphatic heterocycles. The van der Waals surface area contributed by atoms with Gasteiger partial charge in [-0.2, -0.15) is 0 Å². The molecule has 134 valence electrons. The maximum Gasteiger partial charge on any atom is 0.265 e. The molecule has 7 heteroatoms. The number of aromatic nitrogens is 3. The molecular weight excluding hydrogens is 334 g/mol. The van der Waals surface area contributed by atoms with Crippen molar-refractivity contribution >= 4 is 23.1 Å². The number of nitrogens with zero attached hydrogens (tertiary/aromatic N) is 5. The van der Waals surface area contributed by atoms with Crippen molar-refractivity contribution < 1.29 is 4.79 Å². The van der Waals surface area contributed by atoms with E-state index in [1.165, 1.54) is 11.3 Å². The van der Waals surface area contributed by atoms with Gasteiger partial charge in [-0.05, 0) is 20.8 Å². The van der Waals surface area contributed by atoms with Crippen LogP contribution in [0.2, 0.25) is 0 Å². The molecule has 0 spiro atoms. The summed E-state index contributed by atoms with van der Waals surface area (Å²) in [5.74, 6) is 2.25. The lowest BCUT2D eigenvalue weighted by molar-refractivity contribution is 0.0750. The topological polar surface area (TPSA) is 62.2 Å². The summed E-state index contributed by atoms with van der Waals surface area (Å²) in [6.45, 7) is 13.0. The highest BCUT2D eigenvalue weighted by Gasteiger charge is 2.26. The van der Waals surface area contributed by atoms with Crippen LogP contribution in [0.25, 0.3) is 0 Å². The van der Waals surface area contributed by atoms with Crippen LogP contribution < -0.4 is 4.90 Å². The fraction of sp³-hybridized carbons (Fsp3) is 0.556. The van der Waals surface area contributed by atoms with Crippen LogP contribution in [-0.2, 0) is 0 Å². The molecule has 6 nitrogen and oxygen atoms in total. The quantitative estimate of drug-likeness (QED) is 0.843. The average molecular weight is 359 g/mol. The van der Waals surface area contributed by atoms with E-state index in [0.717, 1.165) is 46.0 Å². The molecule has 0 bridgehead atoms. The molecule has 0 saturated carbocycles. The van der Waals surface area contributed by atoms with Crippen molar-refractivity contribution in [1.82, 2.24) is 19.9 Å². The minimum Gasteiger partial charge on any atom is -0.353 e. The Labute approximate surface area is 152 Å². The molecule has 2 aromatic rings. The molecule has 1 aliphatic rings. The van der Waals surface area contributed by atoms with Crippen LogP contribution in [0.3, 0.4) is 0 Å². The Morgan fingerprint density at radius 1 is 1.08 bits per heavy atom. The first kappa shape index (κ1) is 17.8. The predicted molar refractivity (Wildman–Crippen MR) is 101 cm³/mol. The van der Waals surface area contributed by atoms with Gasteiger partial charge in [-0.3, -0.25) is 4.79 Å². The maximum atomic E-state index is 12.7. The molecule has 25 heavy (non-hydrogen) atoms. The number of piperazine rings is 1. The fourth-order valence-electron chi connectivity index (χ4n) is 3.01. The Morgan fingerprint density at radius 2 is 1.76 bits per heavy atom. The van der Waals surface area contributed by atoms with Gasteiger partial charge in [-0.1, -0.05) is 13.8 Å². The smallest absolute Gasteiger partial charge is 0.265 e. The number of rotatable bonds is 3. The second-order valence-corrected chi connectivity index (χ2v) is 8.01. The molecule has 0 atom stereocenters. The molecule has 0 aromatic carbocycles. The highest BCUT2D eigenvalue weighted by atomic mass is 32.1. The summed E-state index contributed by atoms with van der Waals surface area (Å²) in [6, 6.07) is 2.03. The number of carbonyl (C=O) groups excluding carboxylic acids is 1. The van der Waals surface area contributed by atoms with Crippen LogP contribution >= 0.6 is 11.3 Å². The Balaban J connectivity index is 1.70. The van der Waals surface area contributed by atoms with E-state index in [2.05, 4.69) is 28.7 Å². The highest BCUT2D eigenvalue weighted by Crippen LogP contribution is 2.22. The minimum absolute atomic E-state index is 0.101. The summed E-state index contributed by atoms with van der Waals surface area (Å²) in [4.78, 5) is 31.3. The molecule has 1 amide bonds. The van der Waals surface area contributed by atoms with Gasteiger partial charge in [-0.15, -0.1) is 11.3 Å². The number of amides is 1. The third-order valence-electron chi connectivity index (χ3n) is 4.36. The number of carbonyl (C=O) groups is 1. The summed E-state index contributed by atoms with van der Waals surface area (Å²) < 4.78 is 0. The Bertz CT molecular complexity index is 778. The third-order valence-corrected chi connectivity index (χ3v) is 5.42. The van der Waals surface area contributed by atoms with Gasteiger partial charge in [0.1, 0.15) is 16.5 Å². The van der Waals surface area contributed by atoms with Gasteiger partial charge in [0, 0.05) is 43.9 Å². The first-order valence-electron chi connectivity index (χ1n) is 8.69. The molecule has 0 aliphatic carbocycles. The molecular formula is C18H25N5OS. The number of hydrogen-bond donors (Lipinski definition) is 0. The Kier molecular flexibility index (Phi) is 5.03. The van der Waals surface area contributed by atoms with Gasteiger partial charge in [0.25, 0.3) is 5.91 Å². The Hall–Kier alpha value is -2.02. The maximum absolute atomic E-state index is 12.7. The third kappa shape index (κ3) is 3.81. The summed E-state index contributed by atoms with van der Waals surface area (Å²) >= 11 is 1.48. The highest BCUT2D eigenvalue weighted by molar-refractivity contribution is 7.13. The van der Waals surface area contributed by atoms with E-state index in [9.17, 15) is 4.79 Å². The normalized spacial score (nSPS) is 15.1. The minimum atomic E-state index is 0.101. The van der Waals surface area contributed by atoms with Gasteiger partial charge in [0.2, 0.25) is 0 Å². The molecule has 0 radical (unpaired) electrons. The van der Waals surface area contributed by atoms with E-state index in [4.69, 9.17) is 4.98 Å². The number of anilines is 1. The zero-order valence-corrected chi connectivity index (χ0v) is 16.4. The number of thiazole rings is 1. The van der Waals surface area contributed by atoms with Crippen molar-refractivity contribution in [2.45, 2.75) is 40.5 Å². The Morgan fingerprint density at radius 3 is 2.32 bits per heavy atom. The summed E-state index contributed by atoms with van der Waals surface area (Å²) in [5, 5.41) is 0.942. The van der Waals surface area contributed by atoms with E-state index in [1.807, 2.05) is 31.7 Å². The van der Waals surface area contributed by atoms with Crippen molar-refractivity contribution in [3.8, 4) is 0 Å². The van der Waals surface area contributed by atoms with Crippen LogP contribution in [0.15, 0.2) is 6.07 Å². The monoisotopic (exact) mass is 359 g/mol. The van der Waals surface area contributed by atoms with Crippen molar-refractivity contribution in [2.24, 2.45) is 0 Å². The van der Waals surface area contributed by atoms with E-state index < -0.39 is 0 Å². The molecule has 0 unspecified atom stereocenters. The van der Waals surface area contributed by atoms with E-state index in [-0.39, 0.29) is 5.91 Å². The molecule has 1 saturated heterocycles. The number of hydrogen-bond acceptors (Lipinski definition) is 6. The molecule has 2 aromatic heterocycles. The van der Waals surface area contributed by atoms with Crippen LogP contribution in [0, 0.1) is 20.8 Å². The summed E-state index contributed by atoms with van der Waals surface area (Å²) in [6.07, 6.45) is 0. The van der Waals surface area contributed by atoms with Gasteiger partial charge in [-0.25, -0.2) is 15.0 Å². The standard InChI is InChI=1S/C18H25N5OS/c1-11(2)17-19-12(3)10-15(21-17)22-6-8-23(9-7-22)18(24)16-13(4)20-14(5)25-16/h10-11H,6-9H2,1-5H3. The SMILES string of the molecule is Cc1cc(N2CCN(C(=O)c3sc(C)nc3C)CC2)nc(C(C)C)n1. The van der Waals surface area contributed by atoms with E-state index in [0.29, 0.717) is 19.0 Å². The second kappa shape index (κ2) is 7.07. The zero-order chi connectivity index (χ0) is 18.1. The number of aryl methyl sites for hydroxylation is 3.